The highest BCUT2D eigenvalue weighted by Crippen LogP contribution is 2.38. The molecular weight excluding hydrogens is 246 g/mol. The second-order valence-corrected chi connectivity index (χ2v) is 4.57. The molecule has 18 heavy (non-hydrogen) atoms. The first-order valence-corrected chi connectivity index (χ1v) is 5.72. The SMILES string of the molecule is COC1CC([N+](=O)[O-])([N+](=O)[O-])CC1N1CCCO1. The Morgan fingerprint density at radius 1 is 1.33 bits per heavy atom. The van der Waals surface area contributed by atoms with E-state index in [4.69, 9.17) is 9.57 Å². The van der Waals surface area contributed by atoms with Gasteiger partial charge in [-0.05, 0) is 6.42 Å². The summed E-state index contributed by atoms with van der Waals surface area (Å²) in [6, 6.07) is -0.437. The Labute approximate surface area is 103 Å². The molecule has 0 radical (unpaired) electrons. The third kappa shape index (κ3) is 1.93. The quantitative estimate of drug-likeness (QED) is 0.399. The average Bonchev–Trinajstić information content (AvgIpc) is 2.96. The first-order valence-electron chi connectivity index (χ1n) is 5.72. The van der Waals surface area contributed by atoms with Crippen LogP contribution in [0.3, 0.4) is 0 Å². The Hall–Kier alpha value is -1.32. The summed E-state index contributed by atoms with van der Waals surface area (Å²) < 4.78 is 5.16. The van der Waals surface area contributed by atoms with Gasteiger partial charge < -0.3 is 4.74 Å². The number of hydrogen-bond acceptors (Lipinski definition) is 7. The van der Waals surface area contributed by atoms with Crippen molar-refractivity contribution in [3.63, 3.8) is 0 Å². The largest absolute Gasteiger partial charge is 0.462 e. The number of nitro groups is 2. The van der Waals surface area contributed by atoms with Crippen molar-refractivity contribution in [2.24, 2.45) is 0 Å². The van der Waals surface area contributed by atoms with Crippen molar-refractivity contribution >= 4 is 0 Å². The molecule has 2 aliphatic rings. The van der Waals surface area contributed by atoms with Crippen LogP contribution in [-0.2, 0) is 9.57 Å². The van der Waals surface area contributed by atoms with Gasteiger partial charge in [-0.25, -0.2) is 0 Å². The smallest absolute Gasteiger partial charge is 0.379 e. The van der Waals surface area contributed by atoms with Gasteiger partial charge in [-0.3, -0.25) is 25.1 Å². The minimum Gasteiger partial charge on any atom is -0.379 e. The van der Waals surface area contributed by atoms with E-state index in [9.17, 15) is 20.2 Å². The van der Waals surface area contributed by atoms with Crippen molar-refractivity contribution in [3.8, 4) is 0 Å². The van der Waals surface area contributed by atoms with Gasteiger partial charge in [-0.1, -0.05) is 0 Å². The summed E-state index contributed by atoms with van der Waals surface area (Å²) in [4.78, 5) is 25.8. The number of rotatable bonds is 4. The minimum absolute atomic E-state index is 0.189. The van der Waals surface area contributed by atoms with Gasteiger partial charge in [0.15, 0.2) is 0 Å². The lowest BCUT2D eigenvalue weighted by Gasteiger charge is -2.24. The minimum atomic E-state index is -2.16. The Kier molecular flexibility index (Phi) is 3.46. The molecule has 0 amide bonds. The molecule has 2 fully saturated rings. The zero-order chi connectivity index (χ0) is 13.3. The summed E-state index contributed by atoms with van der Waals surface area (Å²) in [6.07, 6.45) is -0.157. The van der Waals surface area contributed by atoms with Crippen molar-refractivity contribution in [2.75, 3.05) is 20.3 Å². The second kappa shape index (κ2) is 4.75. The van der Waals surface area contributed by atoms with Gasteiger partial charge in [-0.15, -0.1) is 0 Å². The molecule has 1 aliphatic heterocycles. The number of nitrogens with zero attached hydrogens (tertiary/aromatic N) is 3. The maximum Gasteiger partial charge on any atom is 0.462 e. The first-order chi connectivity index (χ1) is 8.51. The summed E-state index contributed by atoms with van der Waals surface area (Å²) in [6.45, 7) is 1.16. The van der Waals surface area contributed by atoms with Crippen molar-refractivity contribution in [1.82, 2.24) is 5.06 Å². The van der Waals surface area contributed by atoms with Crippen LogP contribution < -0.4 is 0 Å². The van der Waals surface area contributed by atoms with Crippen LogP contribution in [0.2, 0.25) is 0 Å². The summed E-state index contributed by atoms with van der Waals surface area (Å²) >= 11 is 0. The molecular formula is C9H15N3O6. The molecule has 9 heteroatoms. The zero-order valence-electron chi connectivity index (χ0n) is 9.98. The van der Waals surface area contributed by atoms with E-state index in [0.29, 0.717) is 13.2 Å². The molecule has 0 spiro atoms. The Balaban J connectivity index is 2.22. The number of ether oxygens (including phenoxy) is 1. The van der Waals surface area contributed by atoms with Crippen LogP contribution in [0, 0.1) is 20.2 Å². The number of hydrogen-bond donors (Lipinski definition) is 0. The van der Waals surface area contributed by atoms with Crippen molar-refractivity contribution in [3.05, 3.63) is 20.2 Å². The van der Waals surface area contributed by atoms with Gasteiger partial charge in [-0.2, -0.15) is 5.06 Å². The van der Waals surface area contributed by atoms with E-state index in [1.807, 2.05) is 0 Å². The molecule has 0 aromatic rings. The summed E-state index contributed by atoms with van der Waals surface area (Å²) in [7, 11) is 1.41. The Morgan fingerprint density at radius 3 is 2.44 bits per heavy atom. The highest BCUT2D eigenvalue weighted by atomic mass is 16.7. The van der Waals surface area contributed by atoms with Gasteiger partial charge in [0.1, 0.15) is 12.8 Å². The van der Waals surface area contributed by atoms with Crippen LogP contribution in [0.5, 0.6) is 0 Å². The maximum absolute atomic E-state index is 11.0. The van der Waals surface area contributed by atoms with E-state index >= 15 is 0 Å². The van der Waals surface area contributed by atoms with E-state index in [2.05, 4.69) is 0 Å². The third-order valence-corrected chi connectivity index (χ3v) is 3.63. The van der Waals surface area contributed by atoms with Gasteiger partial charge in [0.2, 0.25) is 0 Å². The van der Waals surface area contributed by atoms with E-state index < -0.39 is 27.7 Å². The molecule has 0 aromatic carbocycles. The molecule has 1 saturated carbocycles. The molecule has 2 rings (SSSR count). The molecule has 0 N–H and O–H groups in total. The van der Waals surface area contributed by atoms with Crippen molar-refractivity contribution < 1.29 is 19.4 Å². The van der Waals surface area contributed by atoms with Crippen LogP contribution in [0.1, 0.15) is 19.3 Å². The molecule has 9 nitrogen and oxygen atoms in total. The topological polar surface area (TPSA) is 108 Å². The van der Waals surface area contributed by atoms with Gasteiger partial charge >= 0.3 is 5.66 Å². The summed E-state index contributed by atoms with van der Waals surface area (Å²) in [5.74, 6) is 0. The predicted molar refractivity (Wildman–Crippen MR) is 57.8 cm³/mol. The fourth-order valence-electron chi connectivity index (χ4n) is 2.63. The summed E-state index contributed by atoms with van der Waals surface area (Å²) in [5, 5.41) is 23.7. The lowest BCUT2D eigenvalue weighted by atomic mass is 10.1. The molecule has 2 unspecified atom stereocenters. The van der Waals surface area contributed by atoms with E-state index in [-0.39, 0.29) is 12.8 Å². The normalized spacial score (nSPS) is 31.6. The zero-order valence-corrected chi connectivity index (χ0v) is 9.98. The van der Waals surface area contributed by atoms with Crippen LogP contribution in [0.4, 0.5) is 0 Å². The first kappa shape index (κ1) is 13.1. The highest BCUT2D eigenvalue weighted by molar-refractivity contribution is 4.94. The molecule has 1 aliphatic carbocycles. The van der Waals surface area contributed by atoms with Crippen LogP contribution in [-0.4, -0.2) is 53.0 Å². The predicted octanol–water partition coefficient (Wildman–Crippen LogP) is 0.0508. The molecule has 0 aromatic heterocycles. The Bertz CT molecular complexity index is 342. The molecule has 2 atom stereocenters. The second-order valence-electron chi connectivity index (χ2n) is 4.57. The number of methoxy groups -OCH3 is 1. The lowest BCUT2D eigenvalue weighted by molar-refractivity contribution is -0.795. The molecule has 1 saturated heterocycles. The number of hydroxylamine groups is 2. The average molecular weight is 261 g/mol. The Morgan fingerprint density at radius 2 is 2.00 bits per heavy atom. The van der Waals surface area contributed by atoms with Crippen LogP contribution in [0.25, 0.3) is 0 Å². The van der Waals surface area contributed by atoms with Crippen molar-refractivity contribution in [2.45, 2.75) is 37.1 Å². The molecule has 1 heterocycles. The van der Waals surface area contributed by atoms with Crippen LogP contribution >= 0.6 is 0 Å². The van der Waals surface area contributed by atoms with E-state index in [1.165, 1.54) is 7.11 Å². The fraction of sp³-hybridized carbons (Fsp3) is 1.00. The van der Waals surface area contributed by atoms with Crippen molar-refractivity contribution in [1.29, 1.82) is 0 Å². The van der Waals surface area contributed by atoms with E-state index in [1.54, 1.807) is 5.06 Å². The van der Waals surface area contributed by atoms with Gasteiger partial charge in [0, 0.05) is 13.7 Å². The molecule has 0 bridgehead atoms. The maximum atomic E-state index is 11.0. The third-order valence-electron chi connectivity index (χ3n) is 3.63. The molecule has 102 valence electrons. The monoisotopic (exact) mass is 261 g/mol. The van der Waals surface area contributed by atoms with Gasteiger partial charge in [0.25, 0.3) is 0 Å². The van der Waals surface area contributed by atoms with Crippen LogP contribution in [0.15, 0.2) is 0 Å². The summed E-state index contributed by atoms with van der Waals surface area (Å²) in [5.41, 5.74) is -2.16. The fourth-order valence-corrected chi connectivity index (χ4v) is 2.63. The van der Waals surface area contributed by atoms with E-state index in [0.717, 1.165) is 6.42 Å². The standard InChI is InChI=1S/C9H15N3O6/c1-17-8-6-9(11(13)14,12(15)16)5-7(8)10-3-2-4-18-10/h7-8H,2-6H2,1H3. The lowest BCUT2D eigenvalue weighted by Crippen LogP contribution is -2.45. The highest BCUT2D eigenvalue weighted by Gasteiger charge is 2.66. The van der Waals surface area contributed by atoms with Gasteiger partial charge in [0.05, 0.1) is 28.6 Å².